The van der Waals surface area contributed by atoms with Crippen molar-refractivity contribution < 1.29 is 19.4 Å². The zero-order valence-corrected chi connectivity index (χ0v) is 11.0. The summed E-state index contributed by atoms with van der Waals surface area (Å²) < 4.78 is 11.1. The zero-order chi connectivity index (χ0) is 13.8. The maximum absolute atomic E-state index is 10.9. The molecule has 3 N–H and O–H groups in total. The van der Waals surface area contributed by atoms with Crippen molar-refractivity contribution in [1.29, 1.82) is 0 Å². The molecule has 0 bridgehead atoms. The van der Waals surface area contributed by atoms with Gasteiger partial charge < -0.3 is 20.3 Å². The Labute approximate surface area is 112 Å². The highest BCUT2D eigenvalue weighted by atomic mass is 16.5. The molecule has 1 fully saturated rings. The van der Waals surface area contributed by atoms with E-state index in [1.54, 1.807) is 6.07 Å². The first-order valence-corrected chi connectivity index (χ1v) is 6.43. The highest BCUT2D eigenvalue weighted by Crippen LogP contribution is 2.31. The molecule has 0 aromatic heterocycles. The number of aromatic carboxylic acids is 1. The number of ether oxygens (including phenoxy) is 2. The van der Waals surface area contributed by atoms with Crippen LogP contribution in [-0.2, 0) is 0 Å². The molecule has 104 valence electrons. The molecule has 0 heterocycles. The summed E-state index contributed by atoms with van der Waals surface area (Å²) in [6.07, 6.45) is 3.89. The summed E-state index contributed by atoms with van der Waals surface area (Å²) in [5, 5.41) is 8.94. The van der Waals surface area contributed by atoms with E-state index in [2.05, 4.69) is 0 Å². The van der Waals surface area contributed by atoms with Crippen molar-refractivity contribution in [2.45, 2.75) is 37.8 Å². The van der Waals surface area contributed by atoms with Gasteiger partial charge in [0, 0.05) is 6.04 Å². The molecule has 1 aliphatic rings. The molecule has 0 saturated heterocycles. The van der Waals surface area contributed by atoms with Gasteiger partial charge >= 0.3 is 5.97 Å². The Balaban J connectivity index is 2.09. The molecule has 2 rings (SSSR count). The van der Waals surface area contributed by atoms with E-state index in [0.717, 1.165) is 25.7 Å². The van der Waals surface area contributed by atoms with E-state index in [-0.39, 0.29) is 17.7 Å². The van der Waals surface area contributed by atoms with Crippen molar-refractivity contribution in [3.05, 3.63) is 23.8 Å². The average molecular weight is 265 g/mol. The molecular formula is C14H19NO4. The number of carboxylic acids is 1. The van der Waals surface area contributed by atoms with Crippen LogP contribution >= 0.6 is 0 Å². The number of nitrogens with two attached hydrogens (primary N) is 1. The van der Waals surface area contributed by atoms with Gasteiger partial charge in [0.1, 0.15) is 0 Å². The standard InChI is InChI=1S/C14H19NO4/c1-18-13-8-9(14(16)17)2-7-12(13)19-11-5-3-10(15)4-6-11/h2,7-8,10-11H,3-6,15H2,1H3,(H,16,17). The van der Waals surface area contributed by atoms with Crippen molar-refractivity contribution in [2.24, 2.45) is 5.73 Å². The van der Waals surface area contributed by atoms with Gasteiger partial charge in [0.2, 0.25) is 0 Å². The van der Waals surface area contributed by atoms with Gasteiger partial charge in [-0.2, -0.15) is 0 Å². The number of methoxy groups -OCH3 is 1. The number of carboxylic acid groups (broad SMARTS) is 1. The number of benzene rings is 1. The van der Waals surface area contributed by atoms with Crippen molar-refractivity contribution in [2.75, 3.05) is 7.11 Å². The molecule has 0 atom stereocenters. The third kappa shape index (κ3) is 3.38. The molecule has 0 radical (unpaired) electrons. The first kappa shape index (κ1) is 13.7. The predicted octanol–water partition coefficient (Wildman–Crippen LogP) is 2.04. The van der Waals surface area contributed by atoms with Crippen LogP contribution in [0.15, 0.2) is 18.2 Å². The SMILES string of the molecule is COc1cc(C(=O)O)ccc1OC1CCC(N)CC1. The maximum atomic E-state index is 10.9. The summed E-state index contributed by atoms with van der Waals surface area (Å²) in [6, 6.07) is 4.92. The van der Waals surface area contributed by atoms with E-state index in [9.17, 15) is 4.79 Å². The summed E-state index contributed by atoms with van der Waals surface area (Å²) in [5.41, 5.74) is 6.04. The Bertz CT molecular complexity index is 453. The monoisotopic (exact) mass is 265 g/mol. The van der Waals surface area contributed by atoms with Crippen LogP contribution < -0.4 is 15.2 Å². The molecule has 19 heavy (non-hydrogen) atoms. The van der Waals surface area contributed by atoms with Gasteiger partial charge in [0.05, 0.1) is 18.8 Å². The summed E-state index contributed by atoms with van der Waals surface area (Å²) in [4.78, 5) is 10.9. The average Bonchev–Trinajstić information content (AvgIpc) is 2.41. The van der Waals surface area contributed by atoms with Gasteiger partial charge in [-0.15, -0.1) is 0 Å². The minimum absolute atomic E-state index is 0.129. The largest absolute Gasteiger partial charge is 0.493 e. The summed E-state index contributed by atoms with van der Waals surface area (Å²) in [6.45, 7) is 0. The lowest BCUT2D eigenvalue weighted by atomic mass is 9.94. The fourth-order valence-corrected chi connectivity index (χ4v) is 2.28. The number of hydrogen-bond donors (Lipinski definition) is 2. The van der Waals surface area contributed by atoms with Crippen molar-refractivity contribution >= 4 is 5.97 Å². The fourth-order valence-electron chi connectivity index (χ4n) is 2.28. The Morgan fingerprint density at radius 1 is 1.26 bits per heavy atom. The Hall–Kier alpha value is -1.75. The van der Waals surface area contributed by atoms with E-state index in [0.29, 0.717) is 11.5 Å². The van der Waals surface area contributed by atoms with Gasteiger partial charge in [0.25, 0.3) is 0 Å². The van der Waals surface area contributed by atoms with E-state index in [1.165, 1.54) is 19.2 Å². The van der Waals surface area contributed by atoms with Gasteiger partial charge in [-0.25, -0.2) is 4.79 Å². The topological polar surface area (TPSA) is 81.8 Å². The van der Waals surface area contributed by atoms with Gasteiger partial charge in [-0.05, 0) is 43.9 Å². The summed E-state index contributed by atoms with van der Waals surface area (Å²) >= 11 is 0. The van der Waals surface area contributed by atoms with Crippen LogP contribution in [0.4, 0.5) is 0 Å². The minimum atomic E-state index is -0.978. The molecule has 0 spiro atoms. The lowest BCUT2D eigenvalue weighted by Gasteiger charge is -2.27. The van der Waals surface area contributed by atoms with Gasteiger partial charge in [-0.1, -0.05) is 0 Å². The third-order valence-corrected chi connectivity index (χ3v) is 3.42. The molecule has 0 amide bonds. The second kappa shape index (κ2) is 5.93. The molecule has 0 unspecified atom stereocenters. The van der Waals surface area contributed by atoms with Crippen molar-refractivity contribution in [3.63, 3.8) is 0 Å². The first-order valence-electron chi connectivity index (χ1n) is 6.43. The maximum Gasteiger partial charge on any atom is 0.335 e. The quantitative estimate of drug-likeness (QED) is 0.870. The molecule has 1 aromatic rings. The van der Waals surface area contributed by atoms with Crippen LogP contribution in [0.25, 0.3) is 0 Å². The summed E-state index contributed by atoms with van der Waals surface area (Å²) in [5.74, 6) is 0.0660. The van der Waals surface area contributed by atoms with Crippen LogP contribution in [0.3, 0.4) is 0 Å². The van der Waals surface area contributed by atoms with Crippen LogP contribution in [0.1, 0.15) is 36.0 Å². The molecule has 0 aliphatic heterocycles. The smallest absolute Gasteiger partial charge is 0.335 e. The van der Waals surface area contributed by atoms with Gasteiger partial charge in [-0.3, -0.25) is 0 Å². The molecule has 1 saturated carbocycles. The van der Waals surface area contributed by atoms with Crippen LogP contribution in [0.5, 0.6) is 11.5 Å². The zero-order valence-electron chi connectivity index (χ0n) is 11.0. The highest BCUT2D eigenvalue weighted by Gasteiger charge is 2.21. The highest BCUT2D eigenvalue weighted by molar-refractivity contribution is 5.88. The van der Waals surface area contributed by atoms with Crippen LogP contribution in [0, 0.1) is 0 Å². The first-order chi connectivity index (χ1) is 9.10. The molecule has 1 aliphatic carbocycles. The fraction of sp³-hybridized carbons (Fsp3) is 0.500. The number of hydrogen-bond acceptors (Lipinski definition) is 4. The number of rotatable bonds is 4. The van der Waals surface area contributed by atoms with Crippen molar-refractivity contribution in [3.8, 4) is 11.5 Å². The minimum Gasteiger partial charge on any atom is -0.493 e. The lowest BCUT2D eigenvalue weighted by molar-refractivity contribution is 0.0696. The van der Waals surface area contributed by atoms with E-state index in [4.69, 9.17) is 20.3 Å². The molecule has 5 nitrogen and oxygen atoms in total. The third-order valence-electron chi connectivity index (χ3n) is 3.42. The molecule has 5 heteroatoms. The van der Waals surface area contributed by atoms with Crippen molar-refractivity contribution in [1.82, 2.24) is 0 Å². The molecular weight excluding hydrogens is 246 g/mol. The van der Waals surface area contributed by atoms with Crippen LogP contribution in [0.2, 0.25) is 0 Å². The normalized spacial score (nSPS) is 22.8. The van der Waals surface area contributed by atoms with Crippen LogP contribution in [-0.4, -0.2) is 30.3 Å². The Kier molecular flexibility index (Phi) is 4.27. The number of carbonyl (C=O) groups is 1. The second-order valence-electron chi connectivity index (χ2n) is 4.83. The Morgan fingerprint density at radius 3 is 2.53 bits per heavy atom. The summed E-state index contributed by atoms with van der Waals surface area (Å²) in [7, 11) is 1.50. The lowest BCUT2D eigenvalue weighted by Crippen LogP contribution is -2.31. The Morgan fingerprint density at radius 2 is 1.95 bits per heavy atom. The van der Waals surface area contributed by atoms with E-state index < -0.39 is 5.97 Å². The van der Waals surface area contributed by atoms with E-state index >= 15 is 0 Å². The van der Waals surface area contributed by atoms with Gasteiger partial charge in [0.15, 0.2) is 11.5 Å². The molecule has 1 aromatic carbocycles. The second-order valence-corrected chi connectivity index (χ2v) is 4.83. The predicted molar refractivity (Wildman–Crippen MR) is 70.8 cm³/mol. The van der Waals surface area contributed by atoms with E-state index in [1.807, 2.05) is 0 Å².